The van der Waals surface area contributed by atoms with Crippen LogP contribution in [0.3, 0.4) is 0 Å². The van der Waals surface area contributed by atoms with Gasteiger partial charge in [-0.1, -0.05) is 16.8 Å². The standard InChI is InChI=1S/C16H22ClN5O2.HI/c1-3-18-16(20-10-11-23-2)19-9-8-14-21-15(22-24-14)12-4-6-13(17)7-5-12;/h4-7H,3,8-11H2,1-2H3,(H2,18,19,20);1H. The van der Waals surface area contributed by atoms with Crippen molar-refractivity contribution in [2.75, 3.05) is 33.4 Å². The number of benzene rings is 1. The Morgan fingerprint density at radius 1 is 1.28 bits per heavy atom. The Kier molecular flexibility index (Phi) is 10.4. The molecule has 0 saturated carbocycles. The minimum Gasteiger partial charge on any atom is -0.383 e. The van der Waals surface area contributed by atoms with Crippen molar-refractivity contribution in [1.29, 1.82) is 0 Å². The SMILES string of the molecule is CCNC(=NCCOC)NCCc1nc(-c2ccc(Cl)cc2)no1.I. The van der Waals surface area contributed by atoms with Crippen LogP contribution in [0.5, 0.6) is 0 Å². The first-order chi connectivity index (χ1) is 11.7. The molecule has 0 saturated heterocycles. The number of nitrogens with one attached hydrogen (secondary N) is 2. The molecule has 138 valence electrons. The van der Waals surface area contributed by atoms with Crippen molar-refractivity contribution >= 4 is 41.5 Å². The number of guanidine groups is 1. The van der Waals surface area contributed by atoms with Gasteiger partial charge in [0.1, 0.15) is 0 Å². The summed E-state index contributed by atoms with van der Waals surface area (Å²) in [6, 6.07) is 7.32. The fourth-order valence-electron chi connectivity index (χ4n) is 1.95. The summed E-state index contributed by atoms with van der Waals surface area (Å²) in [5, 5.41) is 11.1. The van der Waals surface area contributed by atoms with Gasteiger partial charge in [-0.05, 0) is 31.2 Å². The van der Waals surface area contributed by atoms with Crippen LogP contribution in [0.1, 0.15) is 12.8 Å². The molecule has 2 rings (SSSR count). The summed E-state index contributed by atoms with van der Waals surface area (Å²) in [6.07, 6.45) is 0.606. The average Bonchev–Trinajstić information content (AvgIpc) is 3.04. The zero-order valence-electron chi connectivity index (χ0n) is 14.3. The monoisotopic (exact) mass is 479 g/mol. The summed E-state index contributed by atoms with van der Waals surface area (Å²) in [7, 11) is 1.66. The normalized spacial score (nSPS) is 11.1. The molecule has 7 nitrogen and oxygen atoms in total. The molecule has 0 radical (unpaired) electrons. The summed E-state index contributed by atoms with van der Waals surface area (Å²) >= 11 is 5.88. The van der Waals surface area contributed by atoms with E-state index in [1.165, 1.54) is 0 Å². The van der Waals surface area contributed by atoms with Gasteiger partial charge in [-0.3, -0.25) is 4.99 Å². The Balaban J connectivity index is 0.00000312. The first-order valence-electron chi connectivity index (χ1n) is 7.82. The van der Waals surface area contributed by atoms with E-state index in [4.69, 9.17) is 20.9 Å². The highest BCUT2D eigenvalue weighted by molar-refractivity contribution is 14.0. The quantitative estimate of drug-likeness (QED) is 0.262. The van der Waals surface area contributed by atoms with Crippen LogP contribution in [0.25, 0.3) is 11.4 Å². The van der Waals surface area contributed by atoms with E-state index in [0.29, 0.717) is 42.9 Å². The summed E-state index contributed by atoms with van der Waals surface area (Å²) in [5.74, 6) is 1.87. The molecule has 9 heteroatoms. The smallest absolute Gasteiger partial charge is 0.228 e. The number of halogens is 2. The van der Waals surface area contributed by atoms with E-state index >= 15 is 0 Å². The number of hydrogen-bond acceptors (Lipinski definition) is 5. The van der Waals surface area contributed by atoms with E-state index in [1.54, 1.807) is 19.2 Å². The van der Waals surface area contributed by atoms with Crippen LogP contribution in [-0.4, -0.2) is 49.5 Å². The van der Waals surface area contributed by atoms with E-state index in [9.17, 15) is 0 Å². The van der Waals surface area contributed by atoms with E-state index < -0.39 is 0 Å². The van der Waals surface area contributed by atoms with Gasteiger partial charge >= 0.3 is 0 Å². The number of methoxy groups -OCH3 is 1. The maximum atomic E-state index is 5.88. The largest absolute Gasteiger partial charge is 0.383 e. The fraction of sp³-hybridized carbons (Fsp3) is 0.438. The zero-order chi connectivity index (χ0) is 17.2. The van der Waals surface area contributed by atoms with Crippen molar-refractivity contribution in [2.45, 2.75) is 13.3 Å². The molecule has 0 atom stereocenters. The van der Waals surface area contributed by atoms with Crippen molar-refractivity contribution in [3.63, 3.8) is 0 Å². The molecule has 25 heavy (non-hydrogen) atoms. The van der Waals surface area contributed by atoms with Crippen LogP contribution in [0.2, 0.25) is 5.02 Å². The van der Waals surface area contributed by atoms with Crippen molar-refractivity contribution in [1.82, 2.24) is 20.8 Å². The van der Waals surface area contributed by atoms with Gasteiger partial charge in [0.15, 0.2) is 5.96 Å². The Labute approximate surface area is 169 Å². The van der Waals surface area contributed by atoms with E-state index in [1.807, 2.05) is 19.1 Å². The lowest BCUT2D eigenvalue weighted by molar-refractivity contribution is 0.208. The van der Waals surface area contributed by atoms with Gasteiger partial charge in [0, 0.05) is 37.2 Å². The number of hydrogen-bond donors (Lipinski definition) is 2. The summed E-state index contributed by atoms with van der Waals surface area (Å²) in [5.41, 5.74) is 0.872. The molecule has 0 unspecified atom stereocenters. The van der Waals surface area contributed by atoms with Crippen molar-refractivity contribution in [2.24, 2.45) is 4.99 Å². The van der Waals surface area contributed by atoms with Crippen molar-refractivity contribution in [3.05, 3.63) is 35.2 Å². The van der Waals surface area contributed by atoms with Crippen LogP contribution >= 0.6 is 35.6 Å². The predicted molar refractivity (Wildman–Crippen MR) is 110 cm³/mol. The molecule has 1 aromatic heterocycles. The van der Waals surface area contributed by atoms with Crippen LogP contribution in [-0.2, 0) is 11.2 Å². The lowest BCUT2D eigenvalue weighted by Crippen LogP contribution is -2.38. The average molecular weight is 480 g/mol. The Morgan fingerprint density at radius 2 is 2.04 bits per heavy atom. The molecule has 2 aromatic rings. The van der Waals surface area contributed by atoms with E-state index in [2.05, 4.69) is 25.8 Å². The topological polar surface area (TPSA) is 84.6 Å². The highest BCUT2D eigenvalue weighted by Gasteiger charge is 2.08. The first kappa shape index (κ1) is 21.7. The van der Waals surface area contributed by atoms with Gasteiger partial charge in [0.05, 0.1) is 13.2 Å². The molecule has 0 aliphatic rings. The summed E-state index contributed by atoms with van der Waals surface area (Å²) < 4.78 is 10.3. The van der Waals surface area contributed by atoms with Crippen LogP contribution < -0.4 is 10.6 Å². The Bertz CT molecular complexity index is 648. The molecule has 2 N–H and O–H groups in total. The number of nitrogens with zero attached hydrogens (tertiary/aromatic N) is 3. The summed E-state index contributed by atoms with van der Waals surface area (Å²) in [6.45, 7) is 4.64. The molecule has 1 aromatic carbocycles. The van der Waals surface area contributed by atoms with Crippen LogP contribution in [0, 0.1) is 0 Å². The molecular formula is C16H23ClIN5O2. The Morgan fingerprint density at radius 3 is 2.72 bits per heavy atom. The van der Waals surface area contributed by atoms with Gasteiger partial charge in [0.2, 0.25) is 11.7 Å². The lowest BCUT2D eigenvalue weighted by atomic mass is 10.2. The Hall–Kier alpha value is -1.39. The molecule has 0 aliphatic heterocycles. The molecule has 0 spiro atoms. The van der Waals surface area contributed by atoms with Crippen LogP contribution in [0.4, 0.5) is 0 Å². The second-order valence-corrected chi connectivity index (χ2v) is 5.39. The minimum absolute atomic E-state index is 0. The van der Waals surface area contributed by atoms with Crippen molar-refractivity contribution in [3.8, 4) is 11.4 Å². The molecule has 1 heterocycles. The first-order valence-corrected chi connectivity index (χ1v) is 8.20. The third kappa shape index (κ3) is 7.57. The third-order valence-corrected chi connectivity index (χ3v) is 3.36. The molecular weight excluding hydrogens is 457 g/mol. The third-order valence-electron chi connectivity index (χ3n) is 3.11. The van der Waals surface area contributed by atoms with Crippen LogP contribution in [0.15, 0.2) is 33.8 Å². The van der Waals surface area contributed by atoms with Gasteiger partial charge < -0.3 is 19.9 Å². The fourth-order valence-corrected chi connectivity index (χ4v) is 2.08. The predicted octanol–water partition coefficient (Wildman–Crippen LogP) is 2.75. The zero-order valence-corrected chi connectivity index (χ0v) is 17.4. The van der Waals surface area contributed by atoms with Gasteiger partial charge in [-0.25, -0.2) is 0 Å². The maximum Gasteiger partial charge on any atom is 0.228 e. The number of ether oxygens (including phenoxy) is 1. The number of rotatable bonds is 8. The molecule has 0 fully saturated rings. The minimum atomic E-state index is 0. The molecule has 0 aliphatic carbocycles. The maximum absolute atomic E-state index is 5.88. The second kappa shape index (κ2) is 12.0. The molecule has 0 amide bonds. The highest BCUT2D eigenvalue weighted by Crippen LogP contribution is 2.18. The number of aliphatic imine (C=N–C) groups is 1. The van der Waals surface area contributed by atoms with E-state index in [-0.39, 0.29) is 24.0 Å². The summed E-state index contributed by atoms with van der Waals surface area (Å²) in [4.78, 5) is 8.77. The van der Waals surface area contributed by atoms with Gasteiger partial charge in [0.25, 0.3) is 0 Å². The highest BCUT2D eigenvalue weighted by atomic mass is 127. The van der Waals surface area contributed by atoms with Crippen molar-refractivity contribution < 1.29 is 9.26 Å². The number of aromatic nitrogens is 2. The van der Waals surface area contributed by atoms with Gasteiger partial charge in [-0.2, -0.15) is 4.98 Å². The second-order valence-electron chi connectivity index (χ2n) is 4.95. The van der Waals surface area contributed by atoms with Gasteiger partial charge in [-0.15, -0.1) is 24.0 Å². The lowest BCUT2D eigenvalue weighted by Gasteiger charge is -2.09. The van der Waals surface area contributed by atoms with E-state index in [0.717, 1.165) is 18.1 Å². The molecule has 0 bridgehead atoms.